The lowest BCUT2D eigenvalue weighted by Gasteiger charge is -2.27. The number of alkyl halides is 4. The van der Waals surface area contributed by atoms with E-state index in [1.807, 2.05) is 15.0 Å². The summed E-state index contributed by atoms with van der Waals surface area (Å²) in [5.74, 6) is -15.4. The van der Waals surface area contributed by atoms with Crippen LogP contribution in [0.15, 0.2) is 136 Å². The zero-order valence-corrected chi connectivity index (χ0v) is 65.8. The highest BCUT2D eigenvalue weighted by molar-refractivity contribution is 7.49. The number of benzene rings is 4. The highest BCUT2D eigenvalue weighted by atomic mass is 31.2. The second-order valence-corrected chi connectivity index (χ2v) is 33.4. The number of rotatable bonds is 20. The first-order valence-electron chi connectivity index (χ1n) is 38.3. The molecule has 4 fully saturated rings. The van der Waals surface area contributed by atoms with Gasteiger partial charge in [-0.2, -0.15) is 0 Å². The Hall–Kier alpha value is -9.64. The number of aromatic amines is 4. The van der Waals surface area contributed by atoms with Gasteiger partial charge in [0.2, 0.25) is 23.4 Å². The second kappa shape index (κ2) is 36.4. The first-order valence-corrected chi connectivity index (χ1v) is 41.2. The molecule has 4 aromatic heterocycles. The van der Waals surface area contributed by atoms with Gasteiger partial charge in [-0.1, -0.05) is 0 Å². The summed E-state index contributed by atoms with van der Waals surface area (Å²) in [7, 11) is -18.2. The molecule has 12 heterocycles. The van der Waals surface area contributed by atoms with Crippen molar-refractivity contribution < 1.29 is 176 Å². The highest BCUT2D eigenvalue weighted by Crippen LogP contribution is 2.60. The third kappa shape index (κ3) is 20.9. The molecule has 0 saturated carbocycles. The van der Waals surface area contributed by atoms with Crippen molar-refractivity contribution in [2.75, 3.05) is 26.3 Å². The molecule has 8 aliphatic rings. The molecule has 56 heteroatoms. The van der Waals surface area contributed by atoms with Crippen LogP contribution in [0.25, 0.3) is 0 Å². The second-order valence-electron chi connectivity index (χ2n) is 27.1. The molecule has 44 nitrogen and oxygen atoms in total. The molecule has 124 heavy (non-hydrogen) atoms. The number of aliphatic hydroxyl groups excluding tert-OH is 8. The molecule has 0 aliphatic carbocycles. The average molecular weight is 1860 g/mol. The van der Waals surface area contributed by atoms with Crippen LogP contribution in [-0.2, 0) is 126 Å². The van der Waals surface area contributed by atoms with Gasteiger partial charge in [0.05, 0.1) is 83.3 Å². The van der Waals surface area contributed by atoms with Gasteiger partial charge in [-0.15, -0.1) is 0 Å². The summed E-state index contributed by atoms with van der Waals surface area (Å²) in [6.45, 7) is -14.1. The lowest BCUT2D eigenvalue weighted by atomic mass is 10.2. The third-order valence-electron chi connectivity index (χ3n) is 18.1. The zero-order chi connectivity index (χ0) is 95.0. The minimum absolute atomic E-state index is 0.00688. The van der Waals surface area contributed by atoms with Gasteiger partial charge in [0.15, 0.2) is 24.9 Å². The van der Waals surface area contributed by atoms with E-state index in [4.69, 9.17) is 76.9 Å². The standard InChI is InChI=1S/4C17H17F2N2O9P/c4*18-11-1-2-13-9(3-11)7-27-31(26,30-13)28-8-17(19)4-12(23)15(29-17)21-5-10(6-22)14(24)20-16(21)25/h4*1-3,5,12,15,22-23H,4,6-8H2,(H,20,24,25)/t4*12-,15-,17+,31?/m1111/s1/i8D2,15D;15D;8D2;. The molecule has 12 N–H and O–H groups in total. The van der Waals surface area contributed by atoms with Gasteiger partial charge in [-0.05, 0) is 72.8 Å². The van der Waals surface area contributed by atoms with Crippen LogP contribution < -0.4 is 63.1 Å². The number of fused-ring (bicyclic) bond motifs is 4. The normalized spacial score (nSPS) is 32.2. The monoisotopic (exact) mass is 1850 g/mol. The van der Waals surface area contributed by atoms with Crippen molar-refractivity contribution in [2.45, 2.75) is 151 Å². The fourth-order valence-corrected chi connectivity index (χ4v) is 16.9. The number of phosphoric ester groups is 4. The average Bonchev–Trinajstić information content (AvgIpc) is 1.57. The van der Waals surface area contributed by atoms with E-state index in [0.717, 1.165) is 83.8 Å². The van der Waals surface area contributed by atoms with Gasteiger partial charge in [0, 0.05) is 72.7 Å². The van der Waals surface area contributed by atoms with Gasteiger partial charge >= 0.3 is 54.0 Å². The molecule has 8 aromatic rings. The van der Waals surface area contributed by atoms with E-state index in [0.29, 0.717) is 15.3 Å². The van der Waals surface area contributed by atoms with E-state index in [1.165, 1.54) is 12.1 Å². The number of halogens is 8. The smallest absolute Gasteiger partial charge is 0.404 e. The molecule has 0 spiro atoms. The zero-order valence-electron chi connectivity index (χ0n) is 68.2. The summed E-state index contributed by atoms with van der Waals surface area (Å²) in [6, 6.07) is 13.0. The molecule has 0 bridgehead atoms. The quantitative estimate of drug-likeness (QED) is 0.0384. The topological polar surface area (TPSA) is 597 Å². The fraction of sp³-hybridized carbons (Fsp3) is 0.412. The van der Waals surface area contributed by atoms with Crippen LogP contribution in [-0.4, -0.2) is 153 Å². The Bertz CT molecular complexity index is 6470. The number of aromatic nitrogens is 8. The maximum atomic E-state index is 15.7. The fourth-order valence-electron chi connectivity index (χ4n) is 12.2. The van der Waals surface area contributed by atoms with Crippen LogP contribution in [0.2, 0.25) is 0 Å². The van der Waals surface area contributed by atoms with Crippen LogP contribution in [0.5, 0.6) is 23.0 Å². The molecule has 16 rings (SSSR count). The number of hydrogen-bond donors (Lipinski definition) is 12. The Morgan fingerprint density at radius 2 is 0.637 bits per heavy atom. The number of nitrogens with one attached hydrogen (secondary N) is 4. The van der Waals surface area contributed by atoms with Crippen molar-refractivity contribution in [2.24, 2.45) is 0 Å². The van der Waals surface area contributed by atoms with E-state index in [1.54, 1.807) is 4.98 Å². The SMILES string of the molecule is O=c1[nH]c(=O)n([C@@H]2O[C@](F)(COP3(=O)OCc4cc(F)ccc4O3)C[C@H]2O)cc1CO.[2H]C([2H])(OP1(=O)OCc2cc(F)ccc2O1)[C@]1(F)C[C@@H](O)[C@H](n2cc(CO)c(=O)[nH]c2=O)O1.[2H]C([2H])(OP1(=O)OCc2cc(F)ccc2O1)[C@]1(F)C[C@@H](O)[C@]([2H])(n2cc(CO)c(=O)[nH]c2=O)O1.[2H][C@@]1(n2cc(CO)c(=O)[nH]c2=O)O[C@](F)(COP2(=O)OCc3cc(F)ccc3O2)C[C@H]1O. The van der Waals surface area contributed by atoms with E-state index >= 15 is 17.6 Å². The van der Waals surface area contributed by atoms with Crippen molar-refractivity contribution in [1.29, 1.82) is 0 Å². The Labute approximate surface area is 692 Å². The van der Waals surface area contributed by atoms with Crippen molar-refractivity contribution in [3.63, 3.8) is 0 Å². The number of H-pyrrole nitrogens is 4. The molecular weight excluding hydrogens is 1780 g/mol. The lowest BCUT2D eigenvalue weighted by Crippen LogP contribution is -2.37. The molecule has 16 atom stereocenters. The van der Waals surface area contributed by atoms with E-state index in [-0.39, 0.29) is 79.7 Å². The molecule has 4 unspecified atom stereocenters. The minimum atomic E-state index is -4.85. The van der Waals surface area contributed by atoms with Gasteiger partial charge in [-0.25, -0.2) is 72.6 Å². The third-order valence-corrected chi connectivity index (χ3v) is 23.1. The van der Waals surface area contributed by atoms with E-state index in [2.05, 4.69) is 4.52 Å². The summed E-state index contributed by atoms with van der Waals surface area (Å²) in [6.07, 6.45) is -17.4. The molecule has 4 saturated heterocycles. The van der Waals surface area contributed by atoms with Crippen LogP contribution >= 0.6 is 31.3 Å². The summed E-state index contributed by atoms with van der Waals surface area (Å²) in [5.41, 5.74) is -8.75. The largest absolute Gasteiger partial charge is 0.530 e. The summed E-state index contributed by atoms with van der Waals surface area (Å²) in [5, 5.41) is 77.8. The van der Waals surface area contributed by atoms with Crippen molar-refractivity contribution in [1.82, 2.24) is 38.2 Å². The summed E-state index contributed by atoms with van der Waals surface area (Å²) in [4.78, 5) is 102. The lowest BCUT2D eigenvalue weighted by molar-refractivity contribution is -0.179. The molecule has 0 radical (unpaired) electrons. The maximum Gasteiger partial charge on any atom is 0.530 e. The minimum Gasteiger partial charge on any atom is -0.404 e. The molecular formula is C68H68F8N8O36P4. The first kappa shape index (κ1) is 83.9. The highest BCUT2D eigenvalue weighted by Gasteiger charge is 2.55. The van der Waals surface area contributed by atoms with Gasteiger partial charge in [0.1, 0.15) is 97.0 Å². The Kier molecular flexibility index (Phi) is 24.6. The number of hydrogen-bond acceptors (Lipinski definition) is 36. The van der Waals surface area contributed by atoms with Crippen LogP contribution in [0.3, 0.4) is 0 Å². The number of ether oxygens (including phenoxy) is 4. The number of nitrogens with zero attached hydrogens (tertiary/aromatic N) is 4. The van der Waals surface area contributed by atoms with E-state index < -0.39 is 269 Å². The van der Waals surface area contributed by atoms with Gasteiger partial charge < -0.3 is 77.9 Å². The Morgan fingerprint density at radius 1 is 0.387 bits per heavy atom. The first-order chi connectivity index (χ1) is 60.7. The Balaban J connectivity index is 0.000000148. The van der Waals surface area contributed by atoms with Gasteiger partial charge in [0.25, 0.3) is 22.2 Å². The summed E-state index contributed by atoms with van der Waals surface area (Å²) < 4.78 is 295. The summed E-state index contributed by atoms with van der Waals surface area (Å²) >= 11 is 0. The number of aliphatic hydroxyl groups is 8. The van der Waals surface area contributed by atoms with Gasteiger partial charge in [-0.3, -0.25) is 93.6 Å². The molecule has 4 aromatic carbocycles. The van der Waals surface area contributed by atoms with Crippen molar-refractivity contribution in [3.05, 3.63) is 249 Å². The van der Waals surface area contributed by atoms with Crippen LogP contribution in [0, 0.1) is 23.3 Å². The van der Waals surface area contributed by atoms with Crippen molar-refractivity contribution in [3.8, 4) is 23.0 Å². The molecule has 0 amide bonds. The molecule has 8 aliphatic heterocycles. The van der Waals surface area contributed by atoms with Crippen LogP contribution in [0.4, 0.5) is 35.1 Å². The predicted molar refractivity (Wildman–Crippen MR) is 389 cm³/mol. The van der Waals surface area contributed by atoms with Crippen LogP contribution in [0.1, 0.15) is 103 Å². The number of phosphoric acid groups is 4. The van der Waals surface area contributed by atoms with Crippen molar-refractivity contribution >= 4 is 31.3 Å². The predicted octanol–water partition coefficient (Wildman–Crippen LogP) is 3.39. The Morgan fingerprint density at radius 3 is 0.960 bits per heavy atom. The molecule has 672 valence electrons. The van der Waals surface area contributed by atoms with E-state index in [9.17, 15) is 115 Å². The maximum absolute atomic E-state index is 15.7.